The van der Waals surface area contributed by atoms with E-state index >= 15 is 0 Å². The van der Waals surface area contributed by atoms with E-state index in [4.69, 9.17) is 0 Å². The fourth-order valence-electron chi connectivity index (χ4n) is 4.22. The largest absolute Gasteiger partial charge is 0.296 e. The van der Waals surface area contributed by atoms with Crippen LogP contribution in [0, 0.1) is 0 Å². The number of pyridine rings is 1. The molecule has 2 aliphatic rings. The molecule has 1 saturated carbocycles. The first-order valence-corrected chi connectivity index (χ1v) is 9.05. The molecule has 0 spiro atoms. The van der Waals surface area contributed by atoms with Crippen LogP contribution in [0.25, 0.3) is 11.3 Å². The molecule has 5 heteroatoms. The summed E-state index contributed by atoms with van der Waals surface area (Å²) in [7, 11) is 0. The fourth-order valence-corrected chi connectivity index (χ4v) is 4.22. The maximum Gasteiger partial charge on any atom is 0.266 e. The van der Waals surface area contributed by atoms with Gasteiger partial charge >= 0.3 is 0 Å². The minimum Gasteiger partial charge on any atom is -0.296 e. The molecule has 2 aromatic heterocycles. The summed E-state index contributed by atoms with van der Waals surface area (Å²) >= 11 is 0. The second-order valence-corrected chi connectivity index (χ2v) is 6.95. The Balaban J connectivity index is 1.56. The zero-order valence-corrected chi connectivity index (χ0v) is 14.0. The van der Waals surface area contributed by atoms with Crippen LogP contribution in [0.4, 0.5) is 0 Å². The van der Waals surface area contributed by atoms with Crippen molar-refractivity contribution in [1.82, 2.24) is 19.7 Å². The molecule has 1 unspecified atom stereocenters. The smallest absolute Gasteiger partial charge is 0.266 e. The Morgan fingerprint density at radius 3 is 2.75 bits per heavy atom. The molecule has 3 heterocycles. The lowest BCUT2D eigenvalue weighted by molar-refractivity contribution is 0.162. The van der Waals surface area contributed by atoms with Gasteiger partial charge in [-0.2, -0.15) is 5.10 Å². The highest BCUT2D eigenvalue weighted by Gasteiger charge is 2.32. The highest BCUT2D eigenvalue weighted by atomic mass is 16.1. The normalized spacial score (nSPS) is 22.2. The Morgan fingerprint density at radius 2 is 1.96 bits per heavy atom. The minimum atomic E-state index is -0.0130. The molecule has 4 rings (SSSR count). The van der Waals surface area contributed by atoms with E-state index in [0.717, 1.165) is 17.3 Å². The molecule has 1 aliphatic heterocycles. The lowest BCUT2D eigenvalue weighted by Crippen LogP contribution is -2.41. The van der Waals surface area contributed by atoms with Gasteiger partial charge in [-0.15, -0.1) is 0 Å². The van der Waals surface area contributed by atoms with Gasteiger partial charge in [0.05, 0.1) is 12.2 Å². The van der Waals surface area contributed by atoms with E-state index in [1.165, 1.54) is 45.1 Å². The second-order valence-electron chi connectivity index (χ2n) is 6.95. The number of nitrogens with zero attached hydrogens (tertiary/aromatic N) is 4. The predicted octanol–water partition coefficient (Wildman–Crippen LogP) is 2.71. The number of rotatable bonds is 4. The topological polar surface area (TPSA) is 51.0 Å². The highest BCUT2D eigenvalue weighted by Crippen LogP contribution is 2.30. The monoisotopic (exact) mass is 324 g/mol. The zero-order valence-electron chi connectivity index (χ0n) is 14.0. The average molecular weight is 324 g/mol. The zero-order chi connectivity index (χ0) is 16.4. The van der Waals surface area contributed by atoms with E-state index in [1.54, 1.807) is 29.2 Å². The van der Waals surface area contributed by atoms with Crippen LogP contribution in [-0.4, -0.2) is 38.3 Å². The first-order valence-electron chi connectivity index (χ1n) is 9.05. The Bertz CT molecular complexity index is 737. The van der Waals surface area contributed by atoms with Gasteiger partial charge in [-0.05, 0) is 50.4 Å². The molecule has 0 bridgehead atoms. The number of hydrogen-bond donors (Lipinski definition) is 0. The molecule has 1 saturated heterocycles. The Labute approximate surface area is 142 Å². The molecule has 2 fully saturated rings. The third kappa shape index (κ3) is 3.13. The summed E-state index contributed by atoms with van der Waals surface area (Å²) in [6.07, 6.45) is 11.3. The van der Waals surface area contributed by atoms with Gasteiger partial charge in [-0.25, -0.2) is 4.68 Å². The predicted molar refractivity (Wildman–Crippen MR) is 93.7 cm³/mol. The lowest BCUT2D eigenvalue weighted by atomic mass is 10.1. The average Bonchev–Trinajstić information content (AvgIpc) is 3.29. The van der Waals surface area contributed by atoms with E-state index in [-0.39, 0.29) is 5.56 Å². The first-order chi connectivity index (χ1) is 11.8. The van der Waals surface area contributed by atoms with Gasteiger partial charge in [0.25, 0.3) is 5.56 Å². The summed E-state index contributed by atoms with van der Waals surface area (Å²) in [5.41, 5.74) is 1.75. The molecule has 0 amide bonds. The molecular weight excluding hydrogens is 300 g/mol. The lowest BCUT2D eigenvalue weighted by Gasteiger charge is -2.30. The van der Waals surface area contributed by atoms with Gasteiger partial charge in [-0.1, -0.05) is 12.8 Å². The number of aromatic nitrogens is 3. The van der Waals surface area contributed by atoms with Crippen molar-refractivity contribution in [3.8, 4) is 11.3 Å². The third-order valence-corrected chi connectivity index (χ3v) is 5.42. The van der Waals surface area contributed by atoms with Crippen LogP contribution in [0.5, 0.6) is 0 Å². The van der Waals surface area contributed by atoms with Crippen molar-refractivity contribution in [2.24, 2.45) is 0 Å². The quantitative estimate of drug-likeness (QED) is 0.868. The molecule has 1 aliphatic carbocycles. The van der Waals surface area contributed by atoms with Crippen molar-refractivity contribution in [2.45, 2.75) is 57.2 Å². The van der Waals surface area contributed by atoms with Crippen LogP contribution in [0.1, 0.15) is 38.5 Å². The van der Waals surface area contributed by atoms with Crippen LogP contribution >= 0.6 is 0 Å². The minimum absolute atomic E-state index is 0.0130. The molecule has 24 heavy (non-hydrogen) atoms. The van der Waals surface area contributed by atoms with Crippen LogP contribution < -0.4 is 5.56 Å². The molecule has 0 aromatic carbocycles. The van der Waals surface area contributed by atoms with Crippen LogP contribution in [0.3, 0.4) is 0 Å². The summed E-state index contributed by atoms with van der Waals surface area (Å²) < 4.78 is 1.65. The first kappa shape index (κ1) is 15.5. The van der Waals surface area contributed by atoms with E-state index < -0.39 is 0 Å². The summed E-state index contributed by atoms with van der Waals surface area (Å²) in [5, 5.41) is 4.60. The van der Waals surface area contributed by atoms with Crippen molar-refractivity contribution < 1.29 is 0 Å². The van der Waals surface area contributed by atoms with Gasteiger partial charge < -0.3 is 0 Å². The van der Waals surface area contributed by atoms with Gasteiger partial charge in [0, 0.05) is 36.1 Å². The summed E-state index contributed by atoms with van der Waals surface area (Å²) in [6.45, 7) is 1.87. The second kappa shape index (κ2) is 6.85. The highest BCUT2D eigenvalue weighted by molar-refractivity contribution is 5.56. The Morgan fingerprint density at radius 1 is 1.08 bits per heavy atom. The molecule has 126 valence electrons. The SMILES string of the molecule is O=c1ccc(-c2cccnc2)nn1CC1CCCN1C1CCCC1. The molecule has 1 atom stereocenters. The van der Waals surface area contributed by atoms with Gasteiger partial charge in [0.1, 0.15) is 0 Å². The summed E-state index contributed by atoms with van der Waals surface area (Å²) in [6, 6.07) is 8.45. The van der Waals surface area contributed by atoms with Crippen molar-refractivity contribution >= 4 is 0 Å². The van der Waals surface area contributed by atoms with Crippen molar-refractivity contribution in [1.29, 1.82) is 0 Å². The molecule has 2 aromatic rings. The fraction of sp³-hybridized carbons (Fsp3) is 0.526. The third-order valence-electron chi connectivity index (χ3n) is 5.42. The van der Waals surface area contributed by atoms with Crippen LogP contribution in [-0.2, 0) is 6.54 Å². The maximum atomic E-state index is 12.3. The standard InChI is InChI=1S/C19H24N4O/c24-19-10-9-18(15-5-3-11-20-13-15)21-23(19)14-17-8-4-12-22(17)16-6-1-2-7-16/h3,5,9-11,13,16-17H,1-2,4,6-8,12,14H2. The van der Waals surface area contributed by atoms with E-state index in [9.17, 15) is 4.79 Å². The summed E-state index contributed by atoms with van der Waals surface area (Å²) in [4.78, 5) is 19.1. The molecule has 0 N–H and O–H groups in total. The van der Waals surface area contributed by atoms with Crippen molar-refractivity contribution in [3.05, 3.63) is 47.0 Å². The van der Waals surface area contributed by atoms with Crippen LogP contribution in [0.2, 0.25) is 0 Å². The maximum absolute atomic E-state index is 12.3. The molecular formula is C19H24N4O. The summed E-state index contributed by atoms with van der Waals surface area (Å²) in [5.74, 6) is 0. The van der Waals surface area contributed by atoms with Gasteiger partial charge in [-0.3, -0.25) is 14.7 Å². The van der Waals surface area contributed by atoms with E-state index in [2.05, 4.69) is 15.0 Å². The number of hydrogen-bond acceptors (Lipinski definition) is 4. The van der Waals surface area contributed by atoms with Gasteiger partial charge in [0.2, 0.25) is 0 Å². The van der Waals surface area contributed by atoms with Crippen LogP contribution in [0.15, 0.2) is 41.5 Å². The van der Waals surface area contributed by atoms with E-state index in [0.29, 0.717) is 12.6 Å². The Hall–Kier alpha value is -2.01. The van der Waals surface area contributed by atoms with Gasteiger partial charge in [0.15, 0.2) is 0 Å². The van der Waals surface area contributed by atoms with Crippen molar-refractivity contribution in [2.75, 3.05) is 6.54 Å². The Kier molecular flexibility index (Phi) is 4.43. The molecule has 5 nitrogen and oxygen atoms in total. The van der Waals surface area contributed by atoms with E-state index in [1.807, 2.05) is 12.1 Å². The van der Waals surface area contributed by atoms with Crippen molar-refractivity contribution in [3.63, 3.8) is 0 Å². The molecule has 0 radical (unpaired) electrons. The number of likely N-dealkylation sites (tertiary alicyclic amines) is 1.